The van der Waals surface area contributed by atoms with Crippen molar-refractivity contribution >= 4 is 16.7 Å². The van der Waals surface area contributed by atoms with E-state index in [1.165, 1.54) is 4.68 Å². The summed E-state index contributed by atoms with van der Waals surface area (Å²) in [4.78, 5) is 25.0. The zero-order valence-electron chi connectivity index (χ0n) is 14.6. The van der Waals surface area contributed by atoms with Crippen molar-refractivity contribution in [2.45, 2.75) is 63.6 Å². The van der Waals surface area contributed by atoms with Crippen molar-refractivity contribution in [3.63, 3.8) is 0 Å². The summed E-state index contributed by atoms with van der Waals surface area (Å²) in [6, 6.07) is 5.74. The predicted octanol–water partition coefficient (Wildman–Crippen LogP) is 1.61. The van der Waals surface area contributed by atoms with Crippen molar-refractivity contribution < 1.29 is 9.90 Å². The van der Waals surface area contributed by atoms with Crippen LogP contribution in [0, 0.1) is 6.92 Å². The molecule has 2 fully saturated rings. The van der Waals surface area contributed by atoms with Gasteiger partial charge in [-0.2, -0.15) is 5.10 Å². The lowest BCUT2D eigenvalue weighted by molar-refractivity contribution is -0.125. The Morgan fingerprint density at radius 3 is 2.72 bits per heavy atom. The third-order valence-electron chi connectivity index (χ3n) is 5.14. The summed E-state index contributed by atoms with van der Waals surface area (Å²) in [6.07, 6.45) is 3.26. The highest BCUT2D eigenvalue weighted by atomic mass is 16.3. The number of fused-ring (bicyclic) bond motifs is 1. The number of rotatable bonds is 4. The van der Waals surface area contributed by atoms with Crippen LogP contribution < -0.4 is 10.9 Å². The first-order valence-electron chi connectivity index (χ1n) is 8.85. The summed E-state index contributed by atoms with van der Waals surface area (Å²) in [5.74, 6) is 0.157. The van der Waals surface area contributed by atoms with Gasteiger partial charge in [-0.25, -0.2) is 4.68 Å². The highest BCUT2D eigenvalue weighted by Gasteiger charge is 2.39. The van der Waals surface area contributed by atoms with Gasteiger partial charge in [0.15, 0.2) is 0 Å². The quantitative estimate of drug-likeness (QED) is 0.885. The SMILES string of the molecule is Cc1ccc2c(=O)n(CC(=O)N[C@H]3C[C@@](C)(O)C3)nc(C3CC3)c2c1. The van der Waals surface area contributed by atoms with E-state index in [1.54, 1.807) is 6.92 Å². The van der Waals surface area contributed by atoms with Gasteiger partial charge in [-0.15, -0.1) is 0 Å². The van der Waals surface area contributed by atoms with Crippen molar-refractivity contribution in [2.75, 3.05) is 0 Å². The molecular formula is C19H23N3O3. The number of hydrogen-bond donors (Lipinski definition) is 2. The lowest BCUT2D eigenvalue weighted by Gasteiger charge is -2.41. The number of carbonyl (C=O) groups excluding carboxylic acids is 1. The first-order chi connectivity index (χ1) is 11.8. The van der Waals surface area contributed by atoms with Gasteiger partial charge >= 0.3 is 0 Å². The van der Waals surface area contributed by atoms with E-state index in [0.29, 0.717) is 24.1 Å². The minimum Gasteiger partial charge on any atom is -0.390 e. The Bertz CT molecular complexity index is 904. The van der Waals surface area contributed by atoms with Crippen LogP contribution in [0.15, 0.2) is 23.0 Å². The molecule has 25 heavy (non-hydrogen) atoms. The first kappa shape index (κ1) is 16.3. The fourth-order valence-corrected chi connectivity index (χ4v) is 3.70. The van der Waals surface area contributed by atoms with Crippen LogP contribution in [0.3, 0.4) is 0 Å². The molecule has 2 aliphatic rings. The summed E-state index contributed by atoms with van der Waals surface area (Å²) in [5, 5.41) is 18.7. The van der Waals surface area contributed by atoms with Gasteiger partial charge in [0.2, 0.25) is 5.91 Å². The smallest absolute Gasteiger partial charge is 0.275 e. The predicted molar refractivity (Wildman–Crippen MR) is 94.5 cm³/mol. The van der Waals surface area contributed by atoms with Gasteiger partial charge in [0, 0.05) is 17.3 Å². The average Bonchev–Trinajstić information content (AvgIpc) is 3.32. The van der Waals surface area contributed by atoms with Gasteiger partial charge in [-0.3, -0.25) is 9.59 Å². The van der Waals surface area contributed by atoms with Gasteiger partial charge in [0.05, 0.1) is 16.7 Å². The maximum atomic E-state index is 12.7. The monoisotopic (exact) mass is 341 g/mol. The fraction of sp³-hybridized carbons (Fsp3) is 0.526. The molecule has 0 spiro atoms. The summed E-state index contributed by atoms with van der Waals surface area (Å²) >= 11 is 0. The Hall–Kier alpha value is -2.21. The van der Waals surface area contributed by atoms with Crippen LogP contribution >= 0.6 is 0 Å². The van der Waals surface area contributed by atoms with Crippen molar-refractivity contribution in [1.29, 1.82) is 0 Å². The molecule has 1 heterocycles. The molecule has 6 heteroatoms. The topological polar surface area (TPSA) is 84.2 Å². The maximum Gasteiger partial charge on any atom is 0.275 e. The molecule has 0 aliphatic heterocycles. The molecule has 1 aromatic carbocycles. The normalized spacial score (nSPS) is 25.6. The highest BCUT2D eigenvalue weighted by Crippen LogP contribution is 2.41. The van der Waals surface area contributed by atoms with E-state index in [2.05, 4.69) is 10.4 Å². The number of nitrogens with zero attached hydrogens (tertiary/aromatic N) is 2. The van der Waals surface area contributed by atoms with Gasteiger partial charge in [-0.05, 0) is 51.7 Å². The molecule has 4 rings (SSSR count). The van der Waals surface area contributed by atoms with Crippen LogP contribution in [0.2, 0.25) is 0 Å². The van der Waals surface area contributed by atoms with Crippen LogP contribution in [-0.2, 0) is 11.3 Å². The summed E-state index contributed by atoms with van der Waals surface area (Å²) in [7, 11) is 0. The van der Waals surface area contributed by atoms with E-state index in [-0.39, 0.29) is 24.1 Å². The van der Waals surface area contributed by atoms with E-state index in [9.17, 15) is 14.7 Å². The first-order valence-corrected chi connectivity index (χ1v) is 8.85. The number of amides is 1. The molecule has 2 saturated carbocycles. The number of carbonyl (C=O) groups is 1. The molecule has 2 N–H and O–H groups in total. The molecule has 1 amide bonds. The molecule has 0 unspecified atom stereocenters. The number of aliphatic hydroxyl groups is 1. The van der Waals surface area contributed by atoms with Crippen molar-refractivity contribution in [3.8, 4) is 0 Å². The zero-order valence-corrected chi connectivity index (χ0v) is 14.6. The minimum absolute atomic E-state index is 0.0239. The lowest BCUT2D eigenvalue weighted by atomic mass is 9.77. The van der Waals surface area contributed by atoms with E-state index in [1.807, 2.05) is 25.1 Å². The lowest BCUT2D eigenvalue weighted by Crippen LogP contribution is -2.54. The molecular weight excluding hydrogens is 318 g/mol. The Morgan fingerprint density at radius 1 is 1.36 bits per heavy atom. The molecule has 0 radical (unpaired) electrons. The summed E-state index contributed by atoms with van der Waals surface area (Å²) in [6.45, 7) is 3.68. The number of aromatic nitrogens is 2. The molecule has 0 saturated heterocycles. The molecule has 2 aliphatic carbocycles. The second-order valence-electron chi connectivity index (χ2n) is 7.84. The number of benzene rings is 1. The minimum atomic E-state index is -0.688. The molecule has 0 bridgehead atoms. The van der Waals surface area contributed by atoms with Crippen molar-refractivity contribution in [3.05, 3.63) is 39.8 Å². The summed E-state index contributed by atoms with van der Waals surface area (Å²) < 4.78 is 1.29. The van der Waals surface area contributed by atoms with Gasteiger partial charge < -0.3 is 10.4 Å². The van der Waals surface area contributed by atoms with E-state index >= 15 is 0 Å². The van der Waals surface area contributed by atoms with Crippen LogP contribution in [0.25, 0.3) is 10.8 Å². The second kappa shape index (κ2) is 5.66. The van der Waals surface area contributed by atoms with E-state index in [4.69, 9.17) is 0 Å². The second-order valence-corrected chi connectivity index (χ2v) is 7.84. The standard InChI is InChI=1S/C19H23N3O3/c1-11-3-6-14-15(7-11)17(12-4-5-12)21-22(18(14)24)10-16(23)20-13-8-19(2,25)9-13/h3,6-7,12-13,25H,4-5,8-10H2,1-2H3,(H,20,23)/t13-,19+. The van der Waals surface area contributed by atoms with Gasteiger partial charge in [0.1, 0.15) is 6.54 Å². The van der Waals surface area contributed by atoms with Gasteiger partial charge in [0.25, 0.3) is 5.56 Å². The molecule has 132 valence electrons. The van der Waals surface area contributed by atoms with Crippen LogP contribution in [0.5, 0.6) is 0 Å². The molecule has 2 aromatic rings. The van der Waals surface area contributed by atoms with E-state index < -0.39 is 5.60 Å². The number of aryl methyl sites for hydroxylation is 1. The van der Waals surface area contributed by atoms with Crippen LogP contribution in [0.4, 0.5) is 0 Å². The molecule has 0 atom stereocenters. The van der Waals surface area contributed by atoms with E-state index in [0.717, 1.165) is 29.5 Å². The fourth-order valence-electron chi connectivity index (χ4n) is 3.70. The largest absolute Gasteiger partial charge is 0.390 e. The number of hydrogen-bond acceptors (Lipinski definition) is 4. The Balaban J connectivity index is 1.61. The number of nitrogens with one attached hydrogen (secondary N) is 1. The average molecular weight is 341 g/mol. The Morgan fingerprint density at radius 2 is 2.08 bits per heavy atom. The third kappa shape index (κ3) is 3.18. The summed E-state index contributed by atoms with van der Waals surface area (Å²) in [5.41, 5.74) is 1.11. The van der Waals surface area contributed by atoms with Gasteiger partial charge in [-0.1, -0.05) is 11.6 Å². The third-order valence-corrected chi connectivity index (χ3v) is 5.14. The zero-order chi connectivity index (χ0) is 17.8. The van der Waals surface area contributed by atoms with Crippen molar-refractivity contribution in [1.82, 2.24) is 15.1 Å². The molecule has 6 nitrogen and oxygen atoms in total. The van der Waals surface area contributed by atoms with Crippen LogP contribution in [0.1, 0.15) is 49.8 Å². The Kier molecular flexibility index (Phi) is 3.68. The molecule has 1 aromatic heterocycles. The maximum absolute atomic E-state index is 12.7. The Labute approximate surface area is 145 Å². The van der Waals surface area contributed by atoms with Crippen molar-refractivity contribution in [2.24, 2.45) is 0 Å². The van der Waals surface area contributed by atoms with Crippen LogP contribution in [-0.4, -0.2) is 32.4 Å². The highest BCUT2D eigenvalue weighted by molar-refractivity contribution is 5.85.